The highest BCUT2D eigenvalue weighted by Crippen LogP contribution is 2.27. The molecular formula is C19H21ClN4O. The largest absolute Gasteiger partial charge is 0.381 e. The van der Waals surface area contributed by atoms with E-state index in [2.05, 4.69) is 10.4 Å². The average Bonchev–Trinajstić information content (AvgIpc) is 3.06. The Morgan fingerprint density at radius 2 is 2.04 bits per heavy atom. The molecular weight excluding hydrogens is 336 g/mol. The quantitative estimate of drug-likeness (QED) is 0.751. The summed E-state index contributed by atoms with van der Waals surface area (Å²) in [6.07, 6.45) is 8.57. The number of nitrogens with zero attached hydrogens (tertiary/aromatic N) is 3. The van der Waals surface area contributed by atoms with Crippen LogP contribution in [0.25, 0.3) is 16.8 Å². The number of halogens is 1. The lowest BCUT2D eigenvalue weighted by Gasteiger charge is -2.28. The Bertz CT molecular complexity index is 871. The van der Waals surface area contributed by atoms with Crippen LogP contribution >= 0.6 is 11.6 Å². The molecule has 0 atom stereocenters. The van der Waals surface area contributed by atoms with Crippen LogP contribution in [0.3, 0.4) is 0 Å². The van der Waals surface area contributed by atoms with E-state index in [0.29, 0.717) is 17.2 Å². The van der Waals surface area contributed by atoms with E-state index in [0.717, 1.165) is 48.3 Å². The second-order valence-corrected chi connectivity index (χ2v) is 6.94. The van der Waals surface area contributed by atoms with Crippen LogP contribution in [0.15, 0.2) is 42.7 Å². The Labute approximate surface area is 152 Å². The standard InChI is InChI=1S/C19H21ClN4O/c1-25-16-7-5-15(6-8-16)22-18-9-10-24-19(23-18)17(12-21-24)13-3-2-4-14(20)11-13/h2-4,9-12,15-16H,5-8H2,1H3,(H,22,23). The molecule has 1 fully saturated rings. The molecule has 0 spiro atoms. The SMILES string of the molecule is COC1CCC(Nc2ccn3ncc(-c4cccc(Cl)c4)c3n2)CC1. The van der Waals surface area contributed by atoms with Gasteiger partial charge in [0.05, 0.1) is 12.3 Å². The van der Waals surface area contributed by atoms with Gasteiger partial charge in [-0.15, -0.1) is 0 Å². The predicted octanol–water partition coefficient (Wildman–Crippen LogP) is 4.42. The molecule has 1 saturated carbocycles. The first-order chi connectivity index (χ1) is 12.2. The van der Waals surface area contributed by atoms with Crippen LogP contribution in [0, 0.1) is 0 Å². The molecule has 2 aromatic heterocycles. The summed E-state index contributed by atoms with van der Waals surface area (Å²) in [7, 11) is 1.80. The number of hydrogen-bond acceptors (Lipinski definition) is 4. The number of fused-ring (bicyclic) bond motifs is 1. The van der Waals surface area contributed by atoms with Crippen molar-refractivity contribution in [3.05, 3.63) is 47.7 Å². The molecule has 1 aliphatic rings. The Morgan fingerprint density at radius 1 is 1.20 bits per heavy atom. The van der Waals surface area contributed by atoms with Crippen molar-refractivity contribution in [3.8, 4) is 11.1 Å². The fourth-order valence-electron chi connectivity index (χ4n) is 3.46. The van der Waals surface area contributed by atoms with Gasteiger partial charge in [0.15, 0.2) is 5.65 Å². The first-order valence-corrected chi connectivity index (χ1v) is 9.00. The number of nitrogens with one attached hydrogen (secondary N) is 1. The zero-order chi connectivity index (χ0) is 17.2. The van der Waals surface area contributed by atoms with Crippen molar-refractivity contribution in [2.75, 3.05) is 12.4 Å². The van der Waals surface area contributed by atoms with Crippen molar-refractivity contribution in [1.82, 2.24) is 14.6 Å². The van der Waals surface area contributed by atoms with Crippen LogP contribution in [0.2, 0.25) is 5.02 Å². The third-order valence-corrected chi connectivity index (χ3v) is 5.10. The van der Waals surface area contributed by atoms with E-state index < -0.39 is 0 Å². The molecule has 0 bridgehead atoms. The van der Waals surface area contributed by atoms with Gasteiger partial charge in [0, 0.05) is 29.9 Å². The van der Waals surface area contributed by atoms with Gasteiger partial charge >= 0.3 is 0 Å². The van der Waals surface area contributed by atoms with Gasteiger partial charge in [-0.3, -0.25) is 0 Å². The van der Waals surface area contributed by atoms with Gasteiger partial charge in [0.1, 0.15) is 5.82 Å². The van der Waals surface area contributed by atoms with Gasteiger partial charge in [-0.25, -0.2) is 9.50 Å². The number of aromatic nitrogens is 3. The van der Waals surface area contributed by atoms with Crippen molar-refractivity contribution in [2.45, 2.75) is 37.8 Å². The molecule has 3 aromatic rings. The highest BCUT2D eigenvalue weighted by atomic mass is 35.5. The lowest BCUT2D eigenvalue weighted by Crippen LogP contribution is -2.29. The van der Waals surface area contributed by atoms with Crippen LogP contribution in [-0.2, 0) is 4.74 Å². The van der Waals surface area contributed by atoms with Gasteiger partial charge in [0.2, 0.25) is 0 Å². The van der Waals surface area contributed by atoms with E-state index >= 15 is 0 Å². The maximum Gasteiger partial charge on any atom is 0.165 e. The van der Waals surface area contributed by atoms with Gasteiger partial charge in [0.25, 0.3) is 0 Å². The Kier molecular flexibility index (Phi) is 4.59. The Morgan fingerprint density at radius 3 is 2.80 bits per heavy atom. The molecule has 0 amide bonds. The van der Waals surface area contributed by atoms with Crippen molar-refractivity contribution in [3.63, 3.8) is 0 Å². The number of hydrogen-bond donors (Lipinski definition) is 1. The second kappa shape index (κ2) is 7.02. The van der Waals surface area contributed by atoms with Gasteiger partial charge < -0.3 is 10.1 Å². The monoisotopic (exact) mass is 356 g/mol. The predicted molar refractivity (Wildman–Crippen MR) is 100 cm³/mol. The minimum absolute atomic E-state index is 0.401. The van der Waals surface area contributed by atoms with Crippen molar-refractivity contribution in [2.24, 2.45) is 0 Å². The zero-order valence-corrected chi connectivity index (χ0v) is 14.9. The lowest BCUT2D eigenvalue weighted by molar-refractivity contribution is 0.0681. The molecule has 130 valence electrons. The van der Waals surface area contributed by atoms with E-state index in [-0.39, 0.29) is 0 Å². The molecule has 0 aliphatic heterocycles. The van der Waals surface area contributed by atoms with Gasteiger partial charge in [-0.2, -0.15) is 5.10 Å². The fourth-order valence-corrected chi connectivity index (χ4v) is 3.65. The summed E-state index contributed by atoms with van der Waals surface area (Å²) in [6.45, 7) is 0. The van der Waals surface area contributed by atoms with Crippen LogP contribution < -0.4 is 5.32 Å². The Balaban J connectivity index is 1.58. The third kappa shape index (κ3) is 3.48. The summed E-state index contributed by atoms with van der Waals surface area (Å²) in [5.74, 6) is 0.886. The first kappa shape index (κ1) is 16.4. The fraction of sp³-hybridized carbons (Fsp3) is 0.368. The van der Waals surface area contributed by atoms with Crippen molar-refractivity contribution >= 4 is 23.1 Å². The maximum atomic E-state index is 6.13. The minimum Gasteiger partial charge on any atom is -0.381 e. The number of anilines is 1. The van der Waals surface area contributed by atoms with E-state index in [1.807, 2.05) is 42.7 Å². The average molecular weight is 357 g/mol. The summed E-state index contributed by atoms with van der Waals surface area (Å²) in [5.41, 5.74) is 2.83. The topological polar surface area (TPSA) is 51.5 Å². The summed E-state index contributed by atoms with van der Waals surface area (Å²) < 4.78 is 7.24. The van der Waals surface area contributed by atoms with E-state index in [1.54, 1.807) is 11.6 Å². The highest BCUT2D eigenvalue weighted by molar-refractivity contribution is 6.30. The number of benzene rings is 1. The zero-order valence-electron chi connectivity index (χ0n) is 14.2. The normalized spacial score (nSPS) is 20.7. The number of methoxy groups -OCH3 is 1. The molecule has 0 radical (unpaired) electrons. The molecule has 5 nitrogen and oxygen atoms in total. The summed E-state index contributed by atoms with van der Waals surface area (Å²) >= 11 is 6.13. The van der Waals surface area contributed by atoms with Crippen LogP contribution in [-0.4, -0.2) is 33.9 Å². The molecule has 6 heteroatoms. The van der Waals surface area contributed by atoms with E-state index in [4.69, 9.17) is 21.3 Å². The van der Waals surface area contributed by atoms with Crippen LogP contribution in [0.5, 0.6) is 0 Å². The molecule has 25 heavy (non-hydrogen) atoms. The third-order valence-electron chi connectivity index (χ3n) is 4.86. The summed E-state index contributed by atoms with van der Waals surface area (Å²) in [5, 5.41) is 8.67. The van der Waals surface area contributed by atoms with Crippen LogP contribution in [0.1, 0.15) is 25.7 Å². The molecule has 4 rings (SSSR count). The number of ether oxygens (including phenoxy) is 1. The molecule has 1 aromatic carbocycles. The maximum absolute atomic E-state index is 6.13. The van der Waals surface area contributed by atoms with Crippen molar-refractivity contribution in [1.29, 1.82) is 0 Å². The van der Waals surface area contributed by atoms with Gasteiger partial charge in [-0.1, -0.05) is 23.7 Å². The van der Waals surface area contributed by atoms with Crippen LogP contribution in [0.4, 0.5) is 5.82 Å². The number of rotatable bonds is 4. The van der Waals surface area contributed by atoms with E-state index in [1.165, 1.54) is 0 Å². The molecule has 2 heterocycles. The first-order valence-electron chi connectivity index (χ1n) is 8.62. The van der Waals surface area contributed by atoms with Crippen molar-refractivity contribution < 1.29 is 4.74 Å². The minimum atomic E-state index is 0.401. The molecule has 0 unspecified atom stereocenters. The smallest absolute Gasteiger partial charge is 0.165 e. The summed E-state index contributed by atoms with van der Waals surface area (Å²) in [6, 6.07) is 10.2. The Hall–Kier alpha value is -2.11. The highest BCUT2D eigenvalue weighted by Gasteiger charge is 2.21. The molecule has 1 N–H and O–H groups in total. The molecule has 1 aliphatic carbocycles. The van der Waals surface area contributed by atoms with Gasteiger partial charge in [-0.05, 0) is 49.4 Å². The second-order valence-electron chi connectivity index (χ2n) is 6.50. The molecule has 0 saturated heterocycles. The lowest BCUT2D eigenvalue weighted by atomic mass is 9.93. The summed E-state index contributed by atoms with van der Waals surface area (Å²) in [4.78, 5) is 4.79. The van der Waals surface area contributed by atoms with E-state index in [9.17, 15) is 0 Å².